The molecule has 4 heteroatoms. The third-order valence-corrected chi connectivity index (χ3v) is 4.43. The first-order valence-corrected chi connectivity index (χ1v) is 8.50. The molecule has 0 unspecified atom stereocenters. The van der Waals surface area contributed by atoms with Crippen molar-refractivity contribution in [2.24, 2.45) is 0 Å². The van der Waals surface area contributed by atoms with Gasteiger partial charge in [-0.15, -0.1) is 0 Å². The maximum absolute atomic E-state index is 9.03. The Bertz CT molecular complexity index is 702. The molecule has 122 valence electrons. The lowest BCUT2D eigenvalue weighted by Gasteiger charge is -2.32. The maximum atomic E-state index is 9.03. The van der Waals surface area contributed by atoms with E-state index in [0.717, 1.165) is 50.1 Å². The molecule has 1 aromatic heterocycles. The molecule has 0 atom stereocenters. The monoisotopic (exact) mass is 311 g/mol. The van der Waals surface area contributed by atoms with Gasteiger partial charge in [-0.1, -0.05) is 18.9 Å². The number of anilines is 1. The highest BCUT2D eigenvalue weighted by molar-refractivity contribution is 5.93. The zero-order chi connectivity index (χ0) is 16.1. The molecule has 4 nitrogen and oxygen atoms in total. The summed E-state index contributed by atoms with van der Waals surface area (Å²) in [7, 11) is 0. The van der Waals surface area contributed by atoms with Crippen molar-refractivity contribution in [3.8, 4) is 11.8 Å². The third-order valence-electron chi connectivity index (χ3n) is 4.43. The predicted octanol–water partition coefficient (Wildman–Crippen LogP) is 2.80. The number of aliphatic hydroxyl groups excluding tert-OH is 1. The molecule has 0 aliphatic carbocycles. The molecule has 0 spiro atoms. The fourth-order valence-corrected chi connectivity index (χ4v) is 3.19. The molecule has 1 aromatic carbocycles. The SMILES string of the molecule is CCC#Cc1cc2c(NC3CCN(CCO)CC3)cccc2[nH]1. The fraction of sp³-hybridized carbons (Fsp3) is 0.474. The number of β-amino-alcohol motifs (C(OH)–C–C–N with tert-alkyl or cyclic N) is 1. The summed E-state index contributed by atoms with van der Waals surface area (Å²) in [5.41, 5.74) is 3.30. The first-order chi connectivity index (χ1) is 11.3. The summed E-state index contributed by atoms with van der Waals surface area (Å²) in [6, 6.07) is 8.96. The van der Waals surface area contributed by atoms with Gasteiger partial charge in [-0.25, -0.2) is 0 Å². The molecule has 0 amide bonds. The van der Waals surface area contributed by atoms with Crippen LogP contribution in [0.4, 0.5) is 5.69 Å². The van der Waals surface area contributed by atoms with Crippen LogP contribution in [0.15, 0.2) is 24.3 Å². The van der Waals surface area contributed by atoms with E-state index < -0.39 is 0 Å². The fourth-order valence-electron chi connectivity index (χ4n) is 3.19. The number of benzene rings is 1. The molecule has 1 saturated heterocycles. The summed E-state index contributed by atoms with van der Waals surface area (Å²) in [6.45, 7) is 5.21. The molecule has 1 fully saturated rings. The molecule has 23 heavy (non-hydrogen) atoms. The number of likely N-dealkylation sites (tertiary alicyclic amines) is 1. The number of nitrogens with zero attached hydrogens (tertiary/aromatic N) is 1. The van der Waals surface area contributed by atoms with Crippen LogP contribution in [-0.2, 0) is 0 Å². The van der Waals surface area contributed by atoms with Gasteiger partial charge in [0.05, 0.1) is 12.3 Å². The molecule has 1 aliphatic rings. The Hall–Kier alpha value is -1.96. The average Bonchev–Trinajstić information content (AvgIpc) is 2.99. The standard InChI is InChI=1S/C19H25N3O/c1-2-3-5-16-14-17-18(6-4-7-19(17)21-16)20-15-8-10-22(11-9-15)12-13-23/h4,6-7,14-15,20-21,23H,2,8-13H2,1H3. The largest absolute Gasteiger partial charge is 0.395 e. The number of H-pyrrole nitrogens is 1. The van der Waals surface area contributed by atoms with Crippen molar-refractivity contribution in [2.75, 3.05) is 31.6 Å². The predicted molar refractivity (Wildman–Crippen MR) is 95.6 cm³/mol. The van der Waals surface area contributed by atoms with Gasteiger partial charge in [0.25, 0.3) is 0 Å². The van der Waals surface area contributed by atoms with Crippen molar-refractivity contribution >= 4 is 16.6 Å². The molecule has 0 bridgehead atoms. The van der Waals surface area contributed by atoms with Gasteiger partial charge in [-0.3, -0.25) is 0 Å². The quantitative estimate of drug-likeness (QED) is 0.761. The number of hydrogen-bond donors (Lipinski definition) is 3. The lowest BCUT2D eigenvalue weighted by molar-refractivity contribution is 0.168. The molecule has 3 rings (SSSR count). The van der Waals surface area contributed by atoms with Crippen LogP contribution in [0.3, 0.4) is 0 Å². The molecule has 0 saturated carbocycles. The second-order valence-electron chi connectivity index (χ2n) is 6.09. The lowest BCUT2D eigenvalue weighted by Crippen LogP contribution is -2.40. The van der Waals surface area contributed by atoms with E-state index >= 15 is 0 Å². The highest BCUT2D eigenvalue weighted by Gasteiger charge is 2.19. The summed E-state index contributed by atoms with van der Waals surface area (Å²) in [5.74, 6) is 6.29. The summed E-state index contributed by atoms with van der Waals surface area (Å²) >= 11 is 0. The van der Waals surface area contributed by atoms with E-state index in [-0.39, 0.29) is 6.61 Å². The van der Waals surface area contributed by atoms with Crippen LogP contribution in [0.25, 0.3) is 10.9 Å². The summed E-state index contributed by atoms with van der Waals surface area (Å²) in [6.07, 6.45) is 3.10. The van der Waals surface area contributed by atoms with Crippen LogP contribution in [0.2, 0.25) is 0 Å². The van der Waals surface area contributed by atoms with Crippen LogP contribution in [0.1, 0.15) is 31.9 Å². The maximum Gasteiger partial charge on any atom is 0.0905 e. The van der Waals surface area contributed by atoms with E-state index in [4.69, 9.17) is 5.11 Å². The van der Waals surface area contributed by atoms with E-state index in [1.165, 1.54) is 11.1 Å². The van der Waals surface area contributed by atoms with Gasteiger partial charge in [0.2, 0.25) is 0 Å². The van der Waals surface area contributed by atoms with Gasteiger partial charge in [0.1, 0.15) is 0 Å². The van der Waals surface area contributed by atoms with Crippen molar-refractivity contribution in [1.82, 2.24) is 9.88 Å². The minimum Gasteiger partial charge on any atom is -0.395 e. The van der Waals surface area contributed by atoms with E-state index in [1.54, 1.807) is 0 Å². The zero-order valence-electron chi connectivity index (χ0n) is 13.7. The first-order valence-electron chi connectivity index (χ1n) is 8.50. The smallest absolute Gasteiger partial charge is 0.0905 e. The molecule has 2 aromatic rings. The van der Waals surface area contributed by atoms with Gasteiger partial charge in [0, 0.05) is 48.7 Å². The second-order valence-corrected chi connectivity index (χ2v) is 6.09. The number of aromatic nitrogens is 1. The third kappa shape index (κ3) is 3.87. The number of aromatic amines is 1. The summed E-state index contributed by atoms with van der Waals surface area (Å²) in [5, 5.41) is 13.9. The Balaban J connectivity index is 1.72. The molecular formula is C19H25N3O. The Kier molecular flexibility index (Phi) is 5.22. The van der Waals surface area contributed by atoms with Crippen molar-refractivity contribution in [1.29, 1.82) is 0 Å². The topological polar surface area (TPSA) is 51.3 Å². The number of fused-ring (bicyclic) bond motifs is 1. The van der Waals surface area contributed by atoms with Gasteiger partial charge >= 0.3 is 0 Å². The van der Waals surface area contributed by atoms with Gasteiger partial charge in [-0.2, -0.15) is 0 Å². The van der Waals surface area contributed by atoms with Gasteiger partial charge in [-0.05, 0) is 37.0 Å². The van der Waals surface area contributed by atoms with Gasteiger partial charge in [0.15, 0.2) is 0 Å². The van der Waals surface area contributed by atoms with Gasteiger partial charge < -0.3 is 20.3 Å². The molecule has 3 N–H and O–H groups in total. The Morgan fingerprint density at radius 1 is 1.35 bits per heavy atom. The highest BCUT2D eigenvalue weighted by atomic mass is 16.3. The van der Waals surface area contributed by atoms with E-state index in [9.17, 15) is 0 Å². The number of hydrogen-bond acceptors (Lipinski definition) is 3. The summed E-state index contributed by atoms with van der Waals surface area (Å²) in [4.78, 5) is 5.71. The Morgan fingerprint density at radius 3 is 2.91 bits per heavy atom. The number of aliphatic hydroxyl groups is 1. The minimum absolute atomic E-state index is 0.252. The zero-order valence-corrected chi connectivity index (χ0v) is 13.7. The van der Waals surface area contributed by atoms with Crippen molar-refractivity contribution in [3.63, 3.8) is 0 Å². The highest BCUT2D eigenvalue weighted by Crippen LogP contribution is 2.26. The Labute approximate surface area is 137 Å². The van der Waals surface area contributed by atoms with E-state index in [2.05, 4.69) is 58.2 Å². The van der Waals surface area contributed by atoms with E-state index in [1.807, 2.05) is 0 Å². The normalized spacial score (nSPS) is 16.3. The van der Waals surface area contributed by atoms with Crippen LogP contribution in [-0.4, -0.2) is 47.3 Å². The number of piperidine rings is 1. The van der Waals surface area contributed by atoms with Crippen LogP contribution in [0.5, 0.6) is 0 Å². The van der Waals surface area contributed by atoms with E-state index in [0.29, 0.717) is 6.04 Å². The molecular weight excluding hydrogens is 286 g/mol. The second kappa shape index (κ2) is 7.54. The van der Waals surface area contributed by atoms with Crippen LogP contribution < -0.4 is 5.32 Å². The summed E-state index contributed by atoms with van der Waals surface area (Å²) < 4.78 is 0. The average molecular weight is 311 g/mol. The van der Waals surface area contributed by atoms with Crippen LogP contribution in [0, 0.1) is 11.8 Å². The molecule has 2 heterocycles. The lowest BCUT2D eigenvalue weighted by atomic mass is 10.0. The minimum atomic E-state index is 0.252. The number of rotatable bonds is 4. The molecule has 1 aliphatic heterocycles. The van der Waals surface area contributed by atoms with Crippen LogP contribution >= 0.6 is 0 Å². The van der Waals surface area contributed by atoms with Crippen molar-refractivity contribution in [2.45, 2.75) is 32.2 Å². The first kappa shape index (κ1) is 15.9. The van der Waals surface area contributed by atoms with Crippen molar-refractivity contribution in [3.05, 3.63) is 30.0 Å². The Morgan fingerprint density at radius 2 is 2.17 bits per heavy atom. The van der Waals surface area contributed by atoms with Crippen molar-refractivity contribution < 1.29 is 5.11 Å². The number of nitrogens with one attached hydrogen (secondary N) is 2. The molecule has 0 radical (unpaired) electrons.